The first-order chi connectivity index (χ1) is 15.0. The van der Waals surface area contributed by atoms with Crippen LogP contribution in [0.3, 0.4) is 0 Å². The van der Waals surface area contributed by atoms with E-state index in [4.69, 9.17) is 0 Å². The van der Waals surface area contributed by atoms with Crippen LogP contribution in [0.2, 0.25) is 0 Å². The first-order valence-electron chi connectivity index (χ1n) is 10.4. The Balaban J connectivity index is 1.38. The molecule has 8 heteroatoms. The third-order valence-corrected chi connectivity index (χ3v) is 5.26. The molecule has 0 spiro atoms. The molecule has 0 aliphatic carbocycles. The fourth-order valence-electron chi connectivity index (χ4n) is 3.63. The monoisotopic (exact) mass is 417 g/mol. The van der Waals surface area contributed by atoms with Crippen molar-refractivity contribution in [3.8, 4) is 0 Å². The number of aromatic nitrogens is 3. The van der Waals surface area contributed by atoms with Crippen molar-refractivity contribution >= 4 is 29.2 Å². The quantitative estimate of drug-likeness (QED) is 0.670. The van der Waals surface area contributed by atoms with Crippen LogP contribution in [-0.2, 0) is 0 Å². The van der Waals surface area contributed by atoms with Crippen molar-refractivity contribution in [3.05, 3.63) is 65.6 Å². The van der Waals surface area contributed by atoms with Crippen molar-refractivity contribution in [2.24, 2.45) is 0 Å². The van der Waals surface area contributed by atoms with Crippen molar-refractivity contribution in [1.29, 1.82) is 0 Å². The number of pyridine rings is 1. The van der Waals surface area contributed by atoms with Gasteiger partial charge in [-0.1, -0.05) is 23.8 Å². The van der Waals surface area contributed by atoms with Gasteiger partial charge in [-0.25, -0.2) is 19.7 Å². The molecule has 2 amide bonds. The number of urea groups is 1. The fraction of sp³-hybridized carbons (Fsp3) is 0.304. The van der Waals surface area contributed by atoms with Crippen LogP contribution < -0.4 is 15.5 Å². The van der Waals surface area contributed by atoms with E-state index in [1.165, 1.54) is 5.56 Å². The fourth-order valence-corrected chi connectivity index (χ4v) is 3.63. The highest BCUT2D eigenvalue weighted by Crippen LogP contribution is 2.21. The van der Waals surface area contributed by atoms with E-state index >= 15 is 0 Å². The van der Waals surface area contributed by atoms with Crippen LogP contribution in [0.1, 0.15) is 17.0 Å². The molecule has 1 aliphatic heterocycles. The Hall–Kier alpha value is -3.68. The number of hydrogen-bond acceptors (Lipinski definition) is 6. The predicted octanol–water partition coefficient (Wildman–Crippen LogP) is 3.89. The first kappa shape index (κ1) is 20.6. The number of hydrogen-bond donors (Lipinski definition) is 2. The van der Waals surface area contributed by atoms with Gasteiger partial charge in [-0.05, 0) is 44.5 Å². The molecule has 0 bridgehead atoms. The third kappa shape index (κ3) is 5.09. The van der Waals surface area contributed by atoms with Crippen LogP contribution in [0.25, 0.3) is 0 Å². The molecule has 2 N–H and O–H groups in total. The Morgan fingerprint density at radius 2 is 1.74 bits per heavy atom. The van der Waals surface area contributed by atoms with Gasteiger partial charge in [0.15, 0.2) is 0 Å². The molecular weight excluding hydrogens is 390 g/mol. The van der Waals surface area contributed by atoms with Gasteiger partial charge in [0.1, 0.15) is 23.3 Å². The summed E-state index contributed by atoms with van der Waals surface area (Å²) >= 11 is 0. The van der Waals surface area contributed by atoms with E-state index in [1.807, 2.05) is 62.1 Å². The summed E-state index contributed by atoms with van der Waals surface area (Å²) in [7, 11) is 0. The number of amides is 2. The average Bonchev–Trinajstić information content (AvgIpc) is 2.76. The number of benzene rings is 1. The lowest BCUT2D eigenvalue weighted by Crippen LogP contribution is -2.50. The van der Waals surface area contributed by atoms with Gasteiger partial charge in [0.05, 0.1) is 0 Å². The number of nitrogens with zero attached hydrogens (tertiary/aromatic N) is 5. The van der Waals surface area contributed by atoms with Crippen molar-refractivity contribution in [2.45, 2.75) is 20.8 Å². The first-order valence-corrected chi connectivity index (χ1v) is 10.4. The number of carbonyl (C=O) groups is 1. The minimum Gasteiger partial charge on any atom is -0.353 e. The molecule has 0 atom stereocenters. The molecule has 1 aromatic carbocycles. The lowest BCUT2D eigenvalue weighted by Gasteiger charge is -2.35. The molecule has 3 aromatic rings. The number of aryl methyl sites for hydroxylation is 3. The molecular formula is C23H27N7O. The topological polar surface area (TPSA) is 86.3 Å². The number of carbonyl (C=O) groups excluding carboxylic acids is 1. The second kappa shape index (κ2) is 8.99. The molecule has 1 aliphatic rings. The van der Waals surface area contributed by atoms with Gasteiger partial charge in [-0.3, -0.25) is 0 Å². The molecule has 1 saturated heterocycles. The SMILES string of the molecule is Cc1ccc(NC(=O)N2CCN(c3cc(Nc4ccccn4)nc(C)n3)CC2)c(C)c1. The second-order valence-electron chi connectivity index (χ2n) is 7.72. The largest absolute Gasteiger partial charge is 0.353 e. The number of piperazine rings is 1. The van der Waals surface area contributed by atoms with Crippen LogP contribution in [-0.4, -0.2) is 52.1 Å². The maximum absolute atomic E-state index is 12.7. The van der Waals surface area contributed by atoms with E-state index in [2.05, 4.69) is 36.6 Å². The van der Waals surface area contributed by atoms with Gasteiger partial charge in [-0.2, -0.15) is 0 Å². The Bertz CT molecular complexity index is 1060. The molecule has 0 unspecified atom stereocenters. The van der Waals surface area contributed by atoms with Crippen LogP contribution in [0.15, 0.2) is 48.7 Å². The maximum Gasteiger partial charge on any atom is 0.321 e. The minimum absolute atomic E-state index is 0.0667. The van der Waals surface area contributed by atoms with E-state index in [1.54, 1.807) is 6.20 Å². The summed E-state index contributed by atoms with van der Waals surface area (Å²) in [6.45, 7) is 8.60. The highest BCUT2D eigenvalue weighted by Gasteiger charge is 2.23. The molecule has 0 saturated carbocycles. The Morgan fingerprint density at radius 3 is 2.45 bits per heavy atom. The molecule has 1 fully saturated rings. The van der Waals surface area contributed by atoms with Crippen molar-refractivity contribution in [2.75, 3.05) is 41.7 Å². The van der Waals surface area contributed by atoms with E-state index < -0.39 is 0 Å². The second-order valence-corrected chi connectivity index (χ2v) is 7.72. The molecule has 31 heavy (non-hydrogen) atoms. The molecule has 160 valence electrons. The molecule has 0 radical (unpaired) electrons. The van der Waals surface area contributed by atoms with Crippen LogP contribution in [0, 0.1) is 20.8 Å². The van der Waals surface area contributed by atoms with Crippen LogP contribution in [0.4, 0.5) is 27.9 Å². The summed E-state index contributed by atoms with van der Waals surface area (Å²) in [6.07, 6.45) is 1.74. The normalized spacial score (nSPS) is 13.8. The predicted molar refractivity (Wildman–Crippen MR) is 123 cm³/mol. The summed E-state index contributed by atoms with van der Waals surface area (Å²) in [5.41, 5.74) is 3.10. The zero-order valence-electron chi connectivity index (χ0n) is 18.1. The Kier molecular flexibility index (Phi) is 5.97. The Labute approximate surface area is 182 Å². The zero-order valence-corrected chi connectivity index (χ0v) is 18.1. The van der Waals surface area contributed by atoms with Gasteiger partial charge >= 0.3 is 6.03 Å². The number of anilines is 4. The van der Waals surface area contributed by atoms with E-state index in [0.29, 0.717) is 37.8 Å². The average molecular weight is 418 g/mol. The Morgan fingerprint density at radius 1 is 0.935 bits per heavy atom. The molecule has 3 heterocycles. The summed E-state index contributed by atoms with van der Waals surface area (Å²) in [4.78, 5) is 30.1. The lowest BCUT2D eigenvalue weighted by atomic mass is 10.1. The van der Waals surface area contributed by atoms with Crippen molar-refractivity contribution in [3.63, 3.8) is 0 Å². The van der Waals surface area contributed by atoms with Gasteiger partial charge in [0, 0.05) is 44.1 Å². The lowest BCUT2D eigenvalue weighted by molar-refractivity contribution is 0.208. The van der Waals surface area contributed by atoms with Gasteiger partial charge in [0.25, 0.3) is 0 Å². The van der Waals surface area contributed by atoms with Gasteiger partial charge in [0.2, 0.25) is 0 Å². The van der Waals surface area contributed by atoms with Gasteiger partial charge in [-0.15, -0.1) is 0 Å². The van der Waals surface area contributed by atoms with Crippen molar-refractivity contribution in [1.82, 2.24) is 19.9 Å². The molecule has 8 nitrogen and oxygen atoms in total. The minimum atomic E-state index is -0.0667. The van der Waals surface area contributed by atoms with Crippen molar-refractivity contribution < 1.29 is 4.79 Å². The summed E-state index contributed by atoms with van der Waals surface area (Å²) < 4.78 is 0. The van der Waals surface area contributed by atoms with Gasteiger partial charge < -0.3 is 20.4 Å². The highest BCUT2D eigenvalue weighted by molar-refractivity contribution is 5.90. The van der Waals surface area contributed by atoms with E-state index in [-0.39, 0.29) is 6.03 Å². The zero-order chi connectivity index (χ0) is 21.8. The molecule has 2 aromatic heterocycles. The summed E-state index contributed by atoms with van der Waals surface area (Å²) in [5, 5.41) is 6.26. The number of nitrogens with one attached hydrogen (secondary N) is 2. The molecule has 4 rings (SSSR count). The van der Waals surface area contributed by atoms with Crippen LogP contribution in [0.5, 0.6) is 0 Å². The third-order valence-electron chi connectivity index (χ3n) is 5.26. The summed E-state index contributed by atoms with van der Waals surface area (Å²) in [5.74, 6) is 2.97. The number of rotatable bonds is 4. The standard InChI is InChI=1S/C23H27N7O/c1-16-7-8-19(17(2)14-16)27-23(31)30-12-10-29(11-13-30)22-15-21(25-18(3)26-22)28-20-6-4-5-9-24-20/h4-9,14-15H,10-13H2,1-3H3,(H,27,31)(H,24,25,26,28). The smallest absolute Gasteiger partial charge is 0.321 e. The highest BCUT2D eigenvalue weighted by atomic mass is 16.2. The maximum atomic E-state index is 12.7. The summed E-state index contributed by atoms with van der Waals surface area (Å²) in [6, 6.07) is 13.6. The van der Waals surface area contributed by atoms with E-state index in [9.17, 15) is 4.79 Å². The van der Waals surface area contributed by atoms with Crippen LogP contribution >= 0.6 is 0 Å². The van der Waals surface area contributed by atoms with E-state index in [0.717, 1.165) is 22.9 Å².